The van der Waals surface area contributed by atoms with Crippen LogP contribution in [-0.4, -0.2) is 37.7 Å². The largest absolute Gasteiger partial charge is 0.479 e. The lowest BCUT2D eigenvalue weighted by Gasteiger charge is -2.09. The molecule has 1 N–H and O–H groups in total. The van der Waals surface area contributed by atoms with Gasteiger partial charge in [0.15, 0.2) is 5.69 Å². The van der Waals surface area contributed by atoms with Crippen LogP contribution in [0.4, 0.5) is 5.82 Å². The van der Waals surface area contributed by atoms with Crippen molar-refractivity contribution in [2.75, 3.05) is 12.4 Å². The molecule has 4 rings (SSSR count). The highest BCUT2D eigenvalue weighted by molar-refractivity contribution is 6.04. The Balaban J connectivity index is 1.61. The number of anilines is 1. The minimum atomic E-state index is -0.382. The van der Waals surface area contributed by atoms with Gasteiger partial charge in [-0.25, -0.2) is 9.97 Å². The fourth-order valence-corrected chi connectivity index (χ4v) is 2.66. The van der Waals surface area contributed by atoms with E-state index in [9.17, 15) is 4.79 Å². The number of hydrogen-bond acceptors (Lipinski definition) is 6. The smallest absolute Gasteiger partial charge is 0.281 e. The van der Waals surface area contributed by atoms with Crippen molar-refractivity contribution in [3.8, 4) is 17.3 Å². The van der Waals surface area contributed by atoms with Gasteiger partial charge >= 0.3 is 0 Å². The van der Waals surface area contributed by atoms with E-state index >= 15 is 0 Å². The van der Waals surface area contributed by atoms with Crippen molar-refractivity contribution in [3.63, 3.8) is 0 Å². The van der Waals surface area contributed by atoms with E-state index in [4.69, 9.17) is 4.74 Å². The zero-order valence-electron chi connectivity index (χ0n) is 14.5. The average Bonchev–Trinajstić information content (AvgIpc) is 3.46. The van der Waals surface area contributed by atoms with Crippen LogP contribution in [0, 0.1) is 0 Å². The van der Waals surface area contributed by atoms with Crippen molar-refractivity contribution in [3.05, 3.63) is 48.0 Å². The summed E-state index contributed by atoms with van der Waals surface area (Å²) < 4.78 is 6.79. The van der Waals surface area contributed by atoms with Gasteiger partial charge in [-0.2, -0.15) is 5.10 Å². The second-order valence-electron chi connectivity index (χ2n) is 6.13. The second kappa shape index (κ2) is 6.55. The van der Waals surface area contributed by atoms with Crippen LogP contribution in [0.1, 0.15) is 34.9 Å². The highest BCUT2D eigenvalue weighted by atomic mass is 16.5. The summed E-state index contributed by atoms with van der Waals surface area (Å²) in [6, 6.07) is 7.36. The minimum Gasteiger partial charge on any atom is -0.479 e. The molecule has 0 radical (unpaired) electrons. The quantitative estimate of drug-likeness (QED) is 0.759. The second-order valence-corrected chi connectivity index (χ2v) is 6.13. The molecule has 1 aliphatic rings. The van der Waals surface area contributed by atoms with Crippen LogP contribution in [0.3, 0.4) is 0 Å². The topological polar surface area (TPSA) is 94.8 Å². The fraction of sp³-hybridized carbons (Fsp3) is 0.278. The van der Waals surface area contributed by atoms with Gasteiger partial charge in [0.05, 0.1) is 24.7 Å². The maximum Gasteiger partial charge on any atom is 0.281 e. The summed E-state index contributed by atoms with van der Waals surface area (Å²) in [7, 11) is 3.23. The molecule has 3 aromatic heterocycles. The molecule has 1 fully saturated rings. The van der Waals surface area contributed by atoms with Crippen LogP contribution in [0.25, 0.3) is 11.4 Å². The summed E-state index contributed by atoms with van der Waals surface area (Å²) in [5, 5.41) is 7.23. The first-order chi connectivity index (χ1) is 12.7. The Labute approximate surface area is 150 Å². The average molecular weight is 350 g/mol. The number of carbonyl (C=O) groups excluding carboxylic acids is 1. The molecule has 0 bridgehead atoms. The Morgan fingerprint density at radius 2 is 2.12 bits per heavy atom. The van der Waals surface area contributed by atoms with Gasteiger partial charge < -0.3 is 10.1 Å². The van der Waals surface area contributed by atoms with Crippen molar-refractivity contribution >= 4 is 11.7 Å². The van der Waals surface area contributed by atoms with E-state index in [2.05, 4.69) is 25.4 Å². The Morgan fingerprint density at radius 1 is 1.27 bits per heavy atom. The number of hydrogen-bond donors (Lipinski definition) is 1. The first-order valence-electron chi connectivity index (χ1n) is 8.33. The number of methoxy groups -OCH3 is 1. The SMILES string of the molecule is COc1ncc(C2CC2)nc1C(=O)Nc1cc(-c2ccccn2)nn1C. The molecule has 0 aromatic carbocycles. The Kier molecular flexibility index (Phi) is 4.08. The predicted octanol–water partition coefficient (Wildman–Crippen LogP) is 2.41. The molecule has 1 saturated carbocycles. The number of amides is 1. The first kappa shape index (κ1) is 16.2. The van der Waals surface area contributed by atoms with E-state index < -0.39 is 0 Å². The monoisotopic (exact) mass is 350 g/mol. The number of aryl methyl sites for hydroxylation is 1. The van der Waals surface area contributed by atoms with Crippen molar-refractivity contribution < 1.29 is 9.53 Å². The van der Waals surface area contributed by atoms with Gasteiger partial charge in [-0.15, -0.1) is 0 Å². The van der Waals surface area contributed by atoms with Crippen LogP contribution in [0.2, 0.25) is 0 Å². The molecular formula is C18H18N6O2. The van der Waals surface area contributed by atoms with Crippen LogP contribution in [0.15, 0.2) is 36.7 Å². The third-order valence-corrected chi connectivity index (χ3v) is 4.21. The third-order valence-electron chi connectivity index (χ3n) is 4.21. The molecule has 0 spiro atoms. The zero-order chi connectivity index (χ0) is 18.1. The summed E-state index contributed by atoms with van der Waals surface area (Å²) in [6.07, 6.45) is 5.54. The van der Waals surface area contributed by atoms with E-state index in [1.807, 2.05) is 18.2 Å². The van der Waals surface area contributed by atoms with Gasteiger partial charge in [0.1, 0.15) is 11.5 Å². The standard InChI is InChI=1S/C18H18N6O2/c1-24-15(9-13(23-24)12-5-3-4-8-19-12)22-17(25)16-18(26-2)20-10-14(21-16)11-6-7-11/h3-5,8-11H,6-7H2,1-2H3,(H,22,25). The third kappa shape index (κ3) is 3.13. The normalized spacial score (nSPS) is 13.5. The molecule has 26 heavy (non-hydrogen) atoms. The molecule has 1 amide bonds. The zero-order valence-corrected chi connectivity index (χ0v) is 14.5. The summed E-state index contributed by atoms with van der Waals surface area (Å²) in [4.78, 5) is 25.7. The lowest BCUT2D eigenvalue weighted by Crippen LogP contribution is -2.18. The molecule has 8 heteroatoms. The number of aromatic nitrogens is 5. The van der Waals surface area contributed by atoms with Crippen molar-refractivity contribution in [1.29, 1.82) is 0 Å². The number of ether oxygens (including phenoxy) is 1. The number of carbonyl (C=O) groups is 1. The van der Waals surface area contributed by atoms with Crippen LogP contribution in [0.5, 0.6) is 5.88 Å². The lowest BCUT2D eigenvalue weighted by atomic mass is 10.2. The summed E-state index contributed by atoms with van der Waals surface area (Å²) in [5.74, 6) is 0.759. The highest BCUT2D eigenvalue weighted by Crippen LogP contribution is 2.39. The molecule has 132 valence electrons. The summed E-state index contributed by atoms with van der Waals surface area (Å²) >= 11 is 0. The van der Waals surface area contributed by atoms with Gasteiger partial charge in [-0.1, -0.05) is 6.07 Å². The molecule has 0 saturated heterocycles. The Bertz CT molecular complexity index is 950. The number of pyridine rings is 1. The molecule has 0 atom stereocenters. The van der Waals surface area contributed by atoms with Crippen molar-refractivity contribution in [2.24, 2.45) is 7.05 Å². The minimum absolute atomic E-state index is 0.178. The van der Waals surface area contributed by atoms with E-state index in [1.54, 1.807) is 30.2 Å². The lowest BCUT2D eigenvalue weighted by molar-refractivity contribution is 0.101. The first-order valence-corrected chi connectivity index (χ1v) is 8.33. The maximum atomic E-state index is 12.7. The van der Waals surface area contributed by atoms with Crippen molar-refractivity contribution in [1.82, 2.24) is 24.7 Å². The number of nitrogens with zero attached hydrogens (tertiary/aromatic N) is 5. The van der Waals surface area contributed by atoms with Crippen LogP contribution in [-0.2, 0) is 7.05 Å². The van der Waals surface area contributed by atoms with Gasteiger partial charge in [0, 0.05) is 25.2 Å². The van der Waals surface area contributed by atoms with Gasteiger partial charge in [-0.05, 0) is 25.0 Å². The molecule has 1 aliphatic carbocycles. The number of rotatable bonds is 5. The summed E-state index contributed by atoms with van der Waals surface area (Å²) in [6.45, 7) is 0. The van der Waals surface area contributed by atoms with Crippen LogP contribution < -0.4 is 10.1 Å². The van der Waals surface area contributed by atoms with Crippen molar-refractivity contribution in [2.45, 2.75) is 18.8 Å². The molecule has 3 heterocycles. The van der Waals surface area contributed by atoms with Gasteiger partial charge in [0.2, 0.25) is 5.88 Å². The predicted molar refractivity (Wildman–Crippen MR) is 95.0 cm³/mol. The molecule has 0 unspecified atom stereocenters. The van der Waals surface area contributed by atoms with Crippen LogP contribution >= 0.6 is 0 Å². The molecular weight excluding hydrogens is 332 g/mol. The molecule has 3 aromatic rings. The van der Waals surface area contributed by atoms with Gasteiger partial charge in [0.25, 0.3) is 5.91 Å². The summed E-state index contributed by atoms with van der Waals surface area (Å²) in [5.41, 5.74) is 2.41. The van der Waals surface area contributed by atoms with Gasteiger partial charge in [-0.3, -0.25) is 14.5 Å². The van der Waals surface area contributed by atoms with E-state index in [0.29, 0.717) is 17.4 Å². The van der Waals surface area contributed by atoms with E-state index in [-0.39, 0.29) is 17.5 Å². The number of nitrogens with one attached hydrogen (secondary N) is 1. The van der Waals surface area contributed by atoms with E-state index in [1.165, 1.54) is 7.11 Å². The fourth-order valence-electron chi connectivity index (χ4n) is 2.66. The Morgan fingerprint density at radius 3 is 2.81 bits per heavy atom. The maximum absolute atomic E-state index is 12.7. The highest BCUT2D eigenvalue weighted by Gasteiger charge is 2.28. The molecule has 0 aliphatic heterocycles. The molecule has 8 nitrogen and oxygen atoms in total. The van der Waals surface area contributed by atoms with E-state index in [0.717, 1.165) is 24.2 Å². The Hall–Kier alpha value is -3.29.